The summed E-state index contributed by atoms with van der Waals surface area (Å²) in [6.07, 6.45) is 11.1. The summed E-state index contributed by atoms with van der Waals surface area (Å²) in [5.74, 6) is 3.16. The molecule has 2 bridgehead atoms. The number of hydrogen-bond donors (Lipinski definition) is 1. The molecule has 0 aromatic carbocycles. The lowest BCUT2D eigenvalue weighted by Gasteiger charge is -2.27. The zero-order chi connectivity index (χ0) is 13.5. The largest absolute Gasteiger partial charge is 0.381 e. The minimum Gasteiger partial charge on any atom is -0.381 e. The monoisotopic (exact) mass is 267 g/mol. The summed E-state index contributed by atoms with van der Waals surface area (Å²) in [6.45, 7) is 7.47. The van der Waals surface area contributed by atoms with Crippen LogP contribution in [0, 0.1) is 17.8 Å². The first-order valence-corrected chi connectivity index (χ1v) is 8.64. The van der Waals surface area contributed by atoms with Crippen LogP contribution in [0.3, 0.4) is 0 Å². The number of hydrogen-bond acceptors (Lipinski definition) is 2. The Morgan fingerprint density at radius 1 is 1.11 bits per heavy atom. The number of ether oxygens (including phenoxy) is 1. The van der Waals surface area contributed by atoms with Crippen LogP contribution in [0.1, 0.15) is 65.2 Å². The second-order valence-electron chi connectivity index (χ2n) is 6.72. The first-order valence-electron chi connectivity index (χ1n) is 8.64. The van der Waals surface area contributed by atoms with Crippen molar-refractivity contribution in [3.63, 3.8) is 0 Å². The first-order chi connectivity index (χ1) is 9.33. The zero-order valence-corrected chi connectivity index (χ0v) is 13.0. The molecule has 0 saturated heterocycles. The Kier molecular flexibility index (Phi) is 6.66. The van der Waals surface area contributed by atoms with E-state index in [9.17, 15) is 0 Å². The minimum absolute atomic E-state index is 0.696. The smallest absolute Gasteiger partial charge is 0.0480 e. The van der Waals surface area contributed by atoms with Crippen LogP contribution in [-0.4, -0.2) is 25.8 Å². The van der Waals surface area contributed by atoms with Crippen molar-refractivity contribution in [2.75, 3.05) is 19.8 Å². The van der Waals surface area contributed by atoms with Crippen molar-refractivity contribution in [1.82, 2.24) is 5.32 Å². The lowest BCUT2D eigenvalue weighted by Crippen LogP contribution is -2.34. The summed E-state index contributed by atoms with van der Waals surface area (Å²) in [5, 5.41) is 3.75. The lowest BCUT2D eigenvalue weighted by atomic mass is 9.83. The molecule has 0 aromatic heterocycles. The maximum Gasteiger partial charge on any atom is 0.0480 e. The summed E-state index contributed by atoms with van der Waals surface area (Å²) in [4.78, 5) is 0. The van der Waals surface area contributed by atoms with Crippen LogP contribution in [0.25, 0.3) is 0 Å². The van der Waals surface area contributed by atoms with E-state index in [-0.39, 0.29) is 0 Å². The molecule has 0 radical (unpaired) electrons. The van der Waals surface area contributed by atoms with Crippen molar-refractivity contribution < 1.29 is 4.74 Å². The first kappa shape index (κ1) is 15.3. The van der Waals surface area contributed by atoms with E-state index in [4.69, 9.17) is 4.74 Å². The fourth-order valence-corrected chi connectivity index (χ4v) is 4.15. The van der Waals surface area contributed by atoms with E-state index in [1.165, 1.54) is 51.5 Å². The molecule has 4 atom stereocenters. The molecule has 2 aliphatic rings. The van der Waals surface area contributed by atoms with E-state index in [1.807, 2.05) is 0 Å². The molecule has 2 saturated carbocycles. The van der Waals surface area contributed by atoms with Gasteiger partial charge >= 0.3 is 0 Å². The van der Waals surface area contributed by atoms with Crippen molar-refractivity contribution in [3.8, 4) is 0 Å². The number of nitrogens with one attached hydrogen (secondary N) is 1. The maximum atomic E-state index is 5.68. The predicted octanol–water partition coefficient (Wildman–Crippen LogP) is 4.00. The second kappa shape index (κ2) is 8.26. The summed E-state index contributed by atoms with van der Waals surface area (Å²) in [7, 11) is 0. The molecule has 112 valence electrons. The second-order valence-corrected chi connectivity index (χ2v) is 6.72. The van der Waals surface area contributed by atoms with Crippen LogP contribution in [0.5, 0.6) is 0 Å². The molecule has 0 spiro atoms. The van der Waals surface area contributed by atoms with Gasteiger partial charge in [-0.15, -0.1) is 0 Å². The van der Waals surface area contributed by atoms with Gasteiger partial charge in [0.25, 0.3) is 0 Å². The van der Waals surface area contributed by atoms with Crippen molar-refractivity contribution >= 4 is 0 Å². The van der Waals surface area contributed by atoms with E-state index in [0.717, 1.165) is 37.4 Å². The van der Waals surface area contributed by atoms with Crippen LogP contribution < -0.4 is 5.32 Å². The van der Waals surface area contributed by atoms with Gasteiger partial charge < -0.3 is 10.1 Å². The molecule has 0 aliphatic heterocycles. The normalized spacial score (nSPS) is 30.9. The van der Waals surface area contributed by atoms with Gasteiger partial charge in [-0.1, -0.05) is 20.3 Å². The minimum atomic E-state index is 0.696. The third-order valence-electron chi connectivity index (χ3n) is 5.11. The fraction of sp³-hybridized carbons (Fsp3) is 1.00. The van der Waals surface area contributed by atoms with Gasteiger partial charge in [-0.2, -0.15) is 0 Å². The molecular weight excluding hydrogens is 234 g/mol. The highest BCUT2D eigenvalue weighted by Crippen LogP contribution is 2.49. The van der Waals surface area contributed by atoms with Crippen molar-refractivity contribution in [3.05, 3.63) is 0 Å². The van der Waals surface area contributed by atoms with Gasteiger partial charge in [0.1, 0.15) is 0 Å². The molecule has 4 unspecified atom stereocenters. The van der Waals surface area contributed by atoms with Gasteiger partial charge in [-0.05, 0) is 69.2 Å². The Morgan fingerprint density at radius 3 is 2.63 bits per heavy atom. The quantitative estimate of drug-likeness (QED) is 0.604. The predicted molar refractivity (Wildman–Crippen MR) is 81.4 cm³/mol. The Balaban J connectivity index is 1.70. The molecule has 0 amide bonds. The Hall–Kier alpha value is -0.0800. The Labute approximate surface area is 119 Å². The molecule has 2 nitrogen and oxygen atoms in total. The van der Waals surface area contributed by atoms with Crippen LogP contribution in [0.2, 0.25) is 0 Å². The van der Waals surface area contributed by atoms with Gasteiger partial charge in [0, 0.05) is 19.3 Å². The summed E-state index contributed by atoms with van der Waals surface area (Å²) < 4.78 is 5.68. The SMILES string of the molecule is CCCNC(CCOCCC)CC1CC2CCC1C2. The molecule has 2 rings (SSSR count). The topological polar surface area (TPSA) is 21.3 Å². The average Bonchev–Trinajstić information content (AvgIpc) is 3.03. The van der Waals surface area contributed by atoms with Gasteiger partial charge in [0.05, 0.1) is 0 Å². The summed E-state index contributed by atoms with van der Waals surface area (Å²) in [5.41, 5.74) is 0. The molecule has 0 heterocycles. The molecule has 2 fully saturated rings. The highest BCUT2D eigenvalue weighted by Gasteiger charge is 2.39. The molecule has 1 N–H and O–H groups in total. The third-order valence-corrected chi connectivity index (χ3v) is 5.11. The fourth-order valence-electron chi connectivity index (χ4n) is 4.15. The zero-order valence-electron chi connectivity index (χ0n) is 13.0. The third kappa shape index (κ3) is 4.75. The number of fused-ring (bicyclic) bond motifs is 2. The van der Waals surface area contributed by atoms with E-state index in [2.05, 4.69) is 19.2 Å². The maximum absolute atomic E-state index is 5.68. The van der Waals surface area contributed by atoms with E-state index >= 15 is 0 Å². The molecule has 2 heteroatoms. The summed E-state index contributed by atoms with van der Waals surface area (Å²) >= 11 is 0. The van der Waals surface area contributed by atoms with E-state index < -0.39 is 0 Å². The van der Waals surface area contributed by atoms with Crippen LogP contribution in [-0.2, 0) is 4.74 Å². The summed E-state index contributed by atoms with van der Waals surface area (Å²) in [6, 6.07) is 0.696. The van der Waals surface area contributed by atoms with Crippen LogP contribution >= 0.6 is 0 Å². The van der Waals surface area contributed by atoms with E-state index in [1.54, 1.807) is 0 Å². The molecule has 2 aliphatic carbocycles. The standard InChI is InChI=1S/C17H33NO/c1-3-8-18-17(7-10-19-9-4-2)13-16-12-14-5-6-15(16)11-14/h14-18H,3-13H2,1-2H3. The average molecular weight is 267 g/mol. The van der Waals surface area contributed by atoms with Crippen molar-refractivity contribution in [2.24, 2.45) is 17.8 Å². The van der Waals surface area contributed by atoms with Gasteiger partial charge in [-0.3, -0.25) is 0 Å². The van der Waals surface area contributed by atoms with Crippen LogP contribution in [0.4, 0.5) is 0 Å². The Morgan fingerprint density at radius 2 is 2.00 bits per heavy atom. The lowest BCUT2D eigenvalue weighted by molar-refractivity contribution is 0.119. The van der Waals surface area contributed by atoms with Crippen LogP contribution in [0.15, 0.2) is 0 Å². The van der Waals surface area contributed by atoms with Gasteiger partial charge in [0.2, 0.25) is 0 Å². The van der Waals surface area contributed by atoms with Gasteiger partial charge in [0.15, 0.2) is 0 Å². The highest BCUT2D eigenvalue weighted by molar-refractivity contribution is 4.91. The molecule has 0 aromatic rings. The van der Waals surface area contributed by atoms with Crippen molar-refractivity contribution in [2.45, 2.75) is 71.3 Å². The van der Waals surface area contributed by atoms with E-state index in [0.29, 0.717) is 6.04 Å². The Bertz CT molecular complexity index is 243. The molecule has 19 heavy (non-hydrogen) atoms. The number of rotatable bonds is 10. The van der Waals surface area contributed by atoms with Gasteiger partial charge in [-0.25, -0.2) is 0 Å². The highest BCUT2D eigenvalue weighted by atomic mass is 16.5. The van der Waals surface area contributed by atoms with Crippen molar-refractivity contribution in [1.29, 1.82) is 0 Å². The molecular formula is C17H33NO.